The molecule has 0 saturated heterocycles. The number of benzene rings is 1. The molecule has 20 heavy (non-hydrogen) atoms. The van der Waals surface area contributed by atoms with E-state index < -0.39 is 0 Å². The van der Waals surface area contributed by atoms with Crippen molar-refractivity contribution < 1.29 is 4.74 Å². The van der Waals surface area contributed by atoms with Gasteiger partial charge in [0.15, 0.2) is 0 Å². The second-order valence-corrected chi connectivity index (χ2v) is 3.87. The molecule has 4 nitrogen and oxygen atoms in total. The molecule has 4 heteroatoms. The Morgan fingerprint density at radius 2 is 1.75 bits per heavy atom. The average Bonchev–Trinajstić information content (AvgIpc) is 2.58. The second-order valence-electron chi connectivity index (χ2n) is 3.87. The Hall–Kier alpha value is -2.07. The van der Waals surface area contributed by atoms with Crippen molar-refractivity contribution in [3.63, 3.8) is 0 Å². The Morgan fingerprint density at radius 3 is 2.30 bits per heavy atom. The van der Waals surface area contributed by atoms with E-state index in [1.807, 2.05) is 62.4 Å². The lowest BCUT2D eigenvalue weighted by Gasteiger charge is -2.24. The fourth-order valence-electron chi connectivity index (χ4n) is 1.56. The zero-order chi connectivity index (χ0) is 14.6. The van der Waals surface area contributed by atoms with Crippen LogP contribution in [0, 0.1) is 0 Å². The molecule has 1 atom stereocenters. The van der Waals surface area contributed by atoms with E-state index in [4.69, 9.17) is 10.5 Å². The maximum Gasteiger partial charge on any atom is 0.237 e. The highest BCUT2D eigenvalue weighted by Crippen LogP contribution is 2.24. The van der Waals surface area contributed by atoms with E-state index in [1.165, 1.54) is 0 Å². The number of nitrogens with two attached hydrogens (primary N) is 1. The van der Waals surface area contributed by atoms with Crippen molar-refractivity contribution in [2.45, 2.75) is 20.0 Å². The molecule has 108 valence electrons. The molecule has 1 aliphatic heterocycles. The lowest BCUT2D eigenvalue weighted by Crippen LogP contribution is -2.37. The van der Waals surface area contributed by atoms with Gasteiger partial charge in [0, 0.05) is 12.7 Å². The molecule has 0 bridgehead atoms. The Balaban J connectivity index is 0.000000211. The number of aromatic nitrogens is 1. The number of hydrogen-bond donors (Lipinski definition) is 2. The molecule has 0 spiro atoms. The third-order valence-corrected chi connectivity index (χ3v) is 2.50. The minimum atomic E-state index is 0.0485. The summed E-state index contributed by atoms with van der Waals surface area (Å²) in [6, 6.07) is 15.8. The van der Waals surface area contributed by atoms with Gasteiger partial charge in [-0.15, -0.1) is 0 Å². The summed E-state index contributed by atoms with van der Waals surface area (Å²) >= 11 is 0. The zero-order valence-corrected chi connectivity index (χ0v) is 12.1. The molecule has 1 aromatic heterocycles. The SMILES string of the molecule is CC.NCC1CNc2cccnc2O1.c1ccccc1. The summed E-state index contributed by atoms with van der Waals surface area (Å²) in [5.74, 6) is 0.652. The van der Waals surface area contributed by atoms with Crippen LogP contribution in [-0.4, -0.2) is 24.2 Å². The van der Waals surface area contributed by atoms with Crippen LogP contribution >= 0.6 is 0 Å². The number of nitrogens with zero attached hydrogens (tertiary/aromatic N) is 1. The van der Waals surface area contributed by atoms with Gasteiger partial charge in [-0.1, -0.05) is 50.2 Å². The van der Waals surface area contributed by atoms with Crippen molar-refractivity contribution in [1.29, 1.82) is 0 Å². The summed E-state index contributed by atoms with van der Waals surface area (Å²) in [5, 5.41) is 3.20. The number of nitrogens with one attached hydrogen (secondary N) is 1. The van der Waals surface area contributed by atoms with Crippen molar-refractivity contribution in [3.05, 3.63) is 54.7 Å². The first-order valence-corrected chi connectivity index (χ1v) is 6.96. The van der Waals surface area contributed by atoms with E-state index in [0.29, 0.717) is 12.4 Å². The molecule has 2 heterocycles. The van der Waals surface area contributed by atoms with Crippen molar-refractivity contribution >= 4 is 5.69 Å². The summed E-state index contributed by atoms with van der Waals surface area (Å²) in [7, 11) is 0. The van der Waals surface area contributed by atoms with Gasteiger partial charge in [-0.05, 0) is 12.1 Å². The minimum Gasteiger partial charge on any atom is -0.470 e. The largest absolute Gasteiger partial charge is 0.470 e. The molecular weight excluding hydrogens is 250 g/mol. The van der Waals surface area contributed by atoms with E-state index >= 15 is 0 Å². The van der Waals surface area contributed by atoms with Crippen LogP contribution in [-0.2, 0) is 0 Å². The fraction of sp³-hybridized carbons (Fsp3) is 0.312. The maximum atomic E-state index is 5.48. The van der Waals surface area contributed by atoms with Crippen LogP contribution in [0.15, 0.2) is 54.7 Å². The Kier molecular flexibility index (Phi) is 7.84. The molecule has 0 amide bonds. The molecule has 2 aromatic rings. The molecule has 0 aliphatic carbocycles. The topological polar surface area (TPSA) is 60.2 Å². The minimum absolute atomic E-state index is 0.0485. The van der Waals surface area contributed by atoms with E-state index in [9.17, 15) is 0 Å². The molecule has 0 saturated carbocycles. The predicted octanol–water partition coefficient (Wildman–Crippen LogP) is 2.93. The molecule has 0 fully saturated rings. The molecular formula is C16H23N3O. The first-order valence-electron chi connectivity index (χ1n) is 6.96. The third-order valence-electron chi connectivity index (χ3n) is 2.50. The summed E-state index contributed by atoms with van der Waals surface area (Å²) in [5.41, 5.74) is 6.41. The van der Waals surface area contributed by atoms with Gasteiger partial charge >= 0.3 is 0 Å². The van der Waals surface area contributed by atoms with E-state index in [2.05, 4.69) is 10.3 Å². The first-order chi connectivity index (χ1) is 9.90. The number of rotatable bonds is 1. The average molecular weight is 273 g/mol. The Morgan fingerprint density at radius 1 is 1.15 bits per heavy atom. The predicted molar refractivity (Wildman–Crippen MR) is 84.0 cm³/mol. The van der Waals surface area contributed by atoms with Crippen LogP contribution in [0.4, 0.5) is 5.69 Å². The smallest absolute Gasteiger partial charge is 0.237 e. The Labute approximate surface area is 121 Å². The van der Waals surface area contributed by atoms with Crippen LogP contribution in [0.3, 0.4) is 0 Å². The molecule has 1 aliphatic rings. The van der Waals surface area contributed by atoms with Crippen LogP contribution in [0.2, 0.25) is 0 Å². The maximum absolute atomic E-state index is 5.48. The van der Waals surface area contributed by atoms with Gasteiger partial charge in [0.05, 0.1) is 12.2 Å². The van der Waals surface area contributed by atoms with Gasteiger partial charge < -0.3 is 15.8 Å². The fourth-order valence-corrected chi connectivity index (χ4v) is 1.56. The molecule has 0 radical (unpaired) electrons. The van der Waals surface area contributed by atoms with Crippen LogP contribution < -0.4 is 15.8 Å². The van der Waals surface area contributed by atoms with Crippen molar-refractivity contribution in [1.82, 2.24) is 4.98 Å². The van der Waals surface area contributed by atoms with Gasteiger partial charge in [0.25, 0.3) is 0 Å². The summed E-state index contributed by atoms with van der Waals surface area (Å²) < 4.78 is 5.48. The standard InChI is InChI=1S/C8H11N3O.C6H6.C2H6/c9-4-6-5-11-7-2-1-3-10-8(7)12-6;1-2-4-6-5-3-1;1-2/h1-3,6,11H,4-5,9H2;1-6H;1-2H3. The van der Waals surface area contributed by atoms with E-state index in [-0.39, 0.29) is 6.10 Å². The highest BCUT2D eigenvalue weighted by atomic mass is 16.5. The number of fused-ring (bicyclic) bond motifs is 1. The van der Waals surface area contributed by atoms with Gasteiger partial charge in [-0.25, -0.2) is 4.98 Å². The van der Waals surface area contributed by atoms with Crippen molar-refractivity contribution in [2.75, 3.05) is 18.4 Å². The number of hydrogen-bond acceptors (Lipinski definition) is 4. The number of ether oxygens (including phenoxy) is 1. The summed E-state index contributed by atoms with van der Waals surface area (Å²) in [4.78, 5) is 4.08. The highest BCUT2D eigenvalue weighted by Gasteiger charge is 2.17. The number of anilines is 1. The molecule has 3 rings (SSSR count). The summed E-state index contributed by atoms with van der Waals surface area (Å²) in [6.07, 6.45) is 1.76. The molecule has 3 N–H and O–H groups in total. The second kappa shape index (κ2) is 9.81. The normalized spacial score (nSPS) is 15.1. The van der Waals surface area contributed by atoms with Crippen LogP contribution in [0.25, 0.3) is 0 Å². The lowest BCUT2D eigenvalue weighted by molar-refractivity contribution is 0.205. The van der Waals surface area contributed by atoms with Crippen molar-refractivity contribution in [2.24, 2.45) is 5.73 Å². The van der Waals surface area contributed by atoms with Crippen molar-refractivity contribution in [3.8, 4) is 5.88 Å². The van der Waals surface area contributed by atoms with Gasteiger partial charge in [0.1, 0.15) is 6.10 Å². The Bertz CT molecular complexity index is 436. The number of pyridine rings is 1. The molecule has 1 aromatic carbocycles. The quantitative estimate of drug-likeness (QED) is 0.838. The van der Waals surface area contributed by atoms with Gasteiger partial charge in [-0.2, -0.15) is 0 Å². The van der Waals surface area contributed by atoms with Crippen LogP contribution in [0.1, 0.15) is 13.8 Å². The highest BCUT2D eigenvalue weighted by molar-refractivity contribution is 5.53. The van der Waals surface area contributed by atoms with Crippen LogP contribution in [0.5, 0.6) is 5.88 Å². The zero-order valence-electron chi connectivity index (χ0n) is 12.1. The monoisotopic (exact) mass is 273 g/mol. The van der Waals surface area contributed by atoms with E-state index in [1.54, 1.807) is 6.20 Å². The van der Waals surface area contributed by atoms with Gasteiger partial charge in [0.2, 0.25) is 5.88 Å². The van der Waals surface area contributed by atoms with Gasteiger partial charge in [-0.3, -0.25) is 0 Å². The molecule has 1 unspecified atom stereocenters. The third kappa shape index (κ3) is 5.28. The first kappa shape index (κ1) is 16.0. The van der Waals surface area contributed by atoms with E-state index in [0.717, 1.165) is 12.2 Å². The summed E-state index contributed by atoms with van der Waals surface area (Å²) in [6.45, 7) is 5.28. The lowest BCUT2D eigenvalue weighted by atomic mass is 10.3.